The second-order valence-corrected chi connectivity index (χ2v) is 6.50. The molecule has 3 aromatic carbocycles. The van der Waals surface area contributed by atoms with Gasteiger partial charge in [0.05, 0.1) is 5.69 Å². The molecule has 0 aliphatic carbocycles. The number of halogens is 2. The Kier molecular flexibility index (Phi) is 4.61. The summed E-state index contributed by atoms with van der Waals surface area (Å²) >= 11 is 0. The van der Waals surface area contributed by atoms with Gasteiger partial charge in [-0.1, -0.05) is 36.4 Å². The van der Waals surface area contributed by atoms with E-state index >= 15 is 0 Å². The molecule has 140 valence electrons. The summed E-state index contributed by atoms with van der Waals surface area (Å²) in [6, 6.07) is 18.0. The van der Waals surface area contributed by atoms with E-state index in [9.17, 15) is 18.4 Å². The number of fused-ring (bicyclic) bond motifs is 1. The summed E-state index contributed by atoms with van der Waals surface area (Å²) in [5, 5.41) is 2.48. The first-order valence-electron chi connectivity index (χ1n) is 8.77. The summed E-state index contributed by atoms with van der Waals surface area (Å²) < 4.78 is 27.1. The Morgan fingerprint density at radius 1 is 0.929 bits per heavy atom. The van der Waals surface area contributed by atoms with Crippen molar-refractivity contribution in [2.24, 2.45) is 0 Å². The molecule has 6 heteroatoms. The lowest BCUT2D eigenvalue weighted by molar-refractivity contribution is -0.117. The predicted octanol–water partition coefficient (Wildman–Crippen LogP) is 4.18. The first kappa shape index (κ1) is 17.9. The number of carbonyl (C=O) groups is 2. The highest BCUT2D eigenvalue weighted by molar-refractivity contribution is 6.13. The van der Waals surface area contributed by atoms with Crippen LogP contribution in [0, 0.1) is 11.6 Å². The number of nitrogens with one attached hydrogen (secondary N) is 1. The van der Waals surface area contributed by atoms with Crippen LogP contribution in [0.3, 0.4) is 0 Å². The molecule has 4 nitrogen and oxygen atoms in total. The van der Waals surface area contributed by atoms with Gasteiger partial charge in [0, 0.05) is 23.7 Å². The van der Waals surface area contributed by atoms with E-state index in [0.717, 1.165) is 17.7 Å². The number of amides is 2. The molecule has 2 amide bonds. The predicted molar refractivity (Wildman–Crippen MR) is 102 cm³/mol. The first-order valence-corrected chi connectivity index (χ1v) is 8.77. The van der Waals surface area contributed by atoms with Gasteiger partial charge in [-0.15, -0.1) is 0 Å². The quantitative estimate of drug-likeness (QED) is 0.744. The highest BCUT2D eigenvalue weighted by Gasteiger charge is 2.38. The van der Waals surface area contributed by atoms with Crippen LogP contribution in [-0.4, -0.2) is 17.9 Å². The molecule has 1 atom stereocenters. The molecule has 0 radical (unpaired) electrons. The third kappa shape index (κ3) is 3.24. The summed E-state index contributed by atoms with van der Waals surface area (Å²) in [5.41, 5.74) is 1.82. The van der Waals surface area contributed by atoms with Gasteiger partial charge in [0.25, 0.3) is 5.91 Å². The van der Waals surface area contributed by atoms with Crippen LogP contribution in [0.25, 0.3) is 0 Å². The maximum atomic E-state index is 13.9. The lowest BCUT2D eigenvalue weighted by Gasteiger charge is -2.25. The van der Waals surface area contributed by atoms with E-state index in [4.69, 9.17) is 0 Å². The van der Waals surface area contributed by atoms with Gasteiger partial charge in [-0.2, -0.15) is 0 Å². The van der Waals surface area contributed by atoms with E-state index in [-0.39, 0.29) is 11.6 Å². The van der Waals surface area contributed by atoms with Crippen molar-refractivity contribution in [3.8, 4) is 0 Å². The van der Waals surface area contributed by atoms with Crippen LogP contribution < -0.4 is 10.2 Å². The van der Waals surface area contributed by atoms with E-state index in [1.807, 2.05) is 12.1 Å². The van der Waals surface area contributed by atoms with Crippen molar-refractivity contribution in [3.05, 3.63) is 95.6 Å². The molecule has 0 unspecified atom stereocenters. The van der Waals surface area contributed by atoms with Gasteiger partial charge < -0.3 is 5.32 Å². The van der Waals surface area contributed by atoms with Crippen molar-refractivity contribution in [3.63, 3.8) is 0 Å². The molecule has 0 aromatic heterocycles. The van der Waals surface area contributed by atoms with Gasteiger partial charge in [0.2, 0.25) is 5.91 Å². The zero-order valence-electron chi connectivity index (χ0n) is 14.7. The largest absolute Gasteiger partial charge is 0.322 e. The molecule has 1 aliphatic heterocycles. The van der Waals surface area contributed by atoms with Crippen LogP contribution in [0.2, 0.25) is 0 Å². The fourth-order valence-electron chi connectivity index (χ4n) is 3.37. The van der Waals surface area contributed by atoms with Crippen LogP contribution in [0.5, 0.6) is 0 Å². The zero-order valence-corrected chi connectivity index (χ0v) is 14.7. The molecule has 1 N–H and O–H groups in total. The minimum Gasteiger partial charge on any atom is -0.322 e. The summed E-state index contributed by atoms with van der Waals surface area (Å²) in [6.07, 6.45) is 0.309. The second-order valence-electron chi connectivity index (χ2n) is 6.50. The normalized spacial score (nSPS) is 15.2. The van der Waals surface area contributed by atoms with Crippen molar-refractivity contribution < 1.29 is 18.4 Å². The molecule has 0 bridgehead atoms. The molecule has 1 heterocycles. The Balaban J connectivity index is 1.67. The third-order valence-corrected chi connectivity index (χ3v) is 4.71. The summed E-state index contributed by atoms with van der Waals surface area (Å²) in [5.74, 6) is -2.45. The number of hydrogen-bond acceptors (Lipinski definition) is 2. The SMILES string of the molecule is O=C(Nc1ccc(F)cc1F)[C@@H]1Cc2ccccc2N1C(=O)c1ccccc1. The van der Waals surface area contributed by atoms with E-state index in [0.29, 0.717) is 23.7 Å². The Labute approximate surface area is 160 Å². The van der Waals surface area contributed by atoms with Gasteiger partial charge in [-0.05, 0) is 35.9 Å². The summed E-state index contributed by atoms with van der Waals surface area (Å²) in [7, 11) is 0. The summed E-state index contributed by atoms with van der Waals surface area (Å²) in [6.45, 7) is 0. The van der Waals surface area contributed by atoms with Gasteiger partial charge in [-0.3, -0.25) is 14.5 Å². The molecule has 0 saturated heterocycles. The number of nitrogens with zero attached hydrogens (tertiary/aromatic N) is 1. The average Bonchev–Trinajstić information content (AvgIpc) is 3.10. The van der Waals surface area contributed by atoms with Crippen LogP contribution in [0.15, 0.2) is 72.8 Å². The van der Waals surface area contributed by atoms with Gasteiger partial charge >= 0.3 is 0 Å². The van der Waals surface area contributed by atoms with E-state index in [1.165, 1.54) is 4.90 Å². The number of carbonyl (C=O) groups excluding carboxylic acids is 2. The first-order chi connectivity index (χ1) is 13.5. The Morgan fingerprint density at radius 2 is 1.64 bits per heavy atom. The van der Waals surface area contributed by atoms with Gasteiger partial charge in [0.1, 0.15) is 17.7 Å². The van der Waals surface area contributed by atoms with Crippen molar-refractivity contribution in [1.29, 1.82) is 0 Å². The molecular weight excluding hydrogens is 362 g/mol. The molecular formula is C22H16F2N2O2. The molecule has 1 aliphatic rings. The molecule has 0 spiro atoms. The molecule has 28 heavy (non-hydrogen) atoms. The fraction of sp³-hybridized carbons (Fsp3) is 0.0909. The molecule has 4 rings (SSSR count). The van der Waals surface area contributed by atoms with Crippen LogP contribution >= 0.6 is 0 Å². The van der Waals surface area contributed by atoms with E-state index in [1.54, 1.807) is 42.5 Å². The minimum atomic E-state index is -0.871. The van der Waals surface area contributed by atoms with Crippen LogP contribution in [0.4, 0.5) is 20.2 Å². The minimum absolute atomic E-state index is 0.130. The number of anilines is 2. The number of rotatable bonds is 3. The monoisotopic (exact) mass is 378 g/mol. The number of hydrogen-bond donors (Lipinski definition) is 1. The second kappa shape index (κ2) is 7.23. The van der Waals surface area contributed by atoms with Crippen LogP contribution in [-0.2, 0) is 11.2 Å². The number of para-hydroxylation sites is 1. The van der Waals surface area contributed by atoms with Crippen molar-refractivity contribution in [1.82, 2.24) is 0 Å². The van der Waals surface area contributed by atoms with Gasteiger partial charge in [-0.25, -0.2) is 8.78 Å². The lowest BCUT2D eigenvalue weighted by Crippen LogP contribution is -2.45. The fourth-order valence-corrected chi connectivity index (χ4v) is 3.37. The topological polar surface area (TPSA) is 49.4 Å². The molecule has 0 fully saturated rings. The van der Waals surface area contributed by atoms with E-state index in [2.05, 4.69) is 5.32 Å². The smallest absolute Gasteiger partial charge is 0.259 e. The van der Waals surface area contributed by atoms with Crippen molar-refractivity contribution in [2.45, 2.75) is 12.5 Å². The zero-order chi connectivity index (χ0) is 19.7. The van der Waals surface area contributed by atoms with Crippen molar-refractivity contribution in [2.75, 3.05) is 10.2 Å². The molecule has 0 saturated carbocycles. The Hall–Kier alpha value is -3.54. The van der Waals surface area contributed by atoms with Crippen molar-refractivity contribution >= 4 is 23.2 Å². The van der Waals surface area contributed by atoms with E-state index < -0.39 is 23.6 Å². The Bertz CT molecular complexity index is 1050. The highest BCUT2D eigenvalue weighted by Crippen LogP contribution is 2.34. The third-order valence-electron chi connectivity index (χ3n) is 4.71. The highest BCUT2D eigenvalue weighted by atomic mass is 19.1. The lowest BCUT2D eigenvalue weighted by atomic mass is 10.1. The number of benzene rings is 3. The van der Waals surface area contributed by atoms with Gasteiger partial charge in [0.15, 0.2) is 0 Å². The standard InChI is InChI=1S/C22H16F2N2O2/c23-16-10-11-18(17(24)13-16)25-21(27)20-12-15-8-4-5-9-19(15)26(20)22(28)14-6-2-1-3-7-14/h1-11,13,20H,12H2,(H,25,27)/t20-/m0/s1. The maximum absolute atomic E-state index is 13.9. The average molecular weight is 378 g/mol. The Morgan fingerprint density at radius 3 is 2.39 bits per heavy atom. The maximum Gasteiger partial charge on any atom is 0.259 e. The van der Waals surface area contributed by atoms with Crippen LogP contribution in [0.1, 0.15) is 15.9 Å². The molecule has 3 aromatic rings. The summed E-state index contributed by atoms with van der Waals surface area (Å²) in [4.78, 5) is 27.4.